The molecule has 28 heavy (non-hydrogen) atoms. The van der Waals surface area contributed by atoms with Crippen LogP contribution >= 0.6 is 0 Å². The summed E-state index contributed by atoms with van der Waals surface area (Å²) in [4.78, 5) is 15.5. The molecule has 0 fully saturated rings. The third-order valence-corrected chi connectivity index (χ3v) is 5.15. The fourth-order valence-electron chi connectivity index (χ4n) is 3.68. The lowest BCUT2D eigenvalue weighted by Gasteiger charge is -2.27. The number of ether oxygens (including phenoxy) is 1. The Morgan fingerprint density at radius 2 is 2.04 bits per heavy atom. The van der Waals surface area contributed by atoms with Gasteiger partial charge in [0.25, 0.3) is 5.88 Å². The van der Waals surface area contributed by atoms with Crippen LogP contribution in [0.5, 0.6) is 5.88 Å². The number of hydrogen-bond acceptors (Lipinski definition) is 6. The summed E-state index contributed by atoms with van der Waals surface area (Å²) in [5.41, 5.74) is 13.9. The van der Waals surface area contributed by atoms with Gasteiger partial charge >= 0.3 is 0 Å². The maximum atomic E-state index is 6.00. The molecule has 0 saturated heterocycles. The van der Waals surface area contributed by atoms with Crippen molar-refractivity contribution >= 4 is 5.82 Å². The molecule has 0 aliphatic carbocycles. The van der Waals surface area contributed by atoms with Crippen molar-refractivity contribution in [1.29, 1.82) is 0 Å². The summed E-state index contributed by atoms with van der Waals surface area (Å²) in [7, 11) is 2.15. The van der Waals surface area contributed by atoms with Gasteiger partial charge in [0.05, 0.1) is 11.9 Å². The molecule has 2 aromatic heterocycles. The summed E-state index contributed by atoms with van der Waals surface area (Å²) in [6, 6.07) is 8.30. The number of hydrogen-bond donors (Lipinski definition) is 1. The number of nitrogen functional groups attached to an aromatic ring is 1. The van der Waals surface area contributed by atoms with Crippen LogP contribution < -0.4 is 10.5 Å². The Balaban J connectivity index is 1.62. The maximum Gasteiger partial charge on any atom is 0.258 e. The first-order valence-corrected chi connectivity index (χ1v) is 9.48. The standard InChI is InChI=1S/C22H25N5O/c1-14-8-17(10-18-12-27(3)7-5-19(14)18)20-11-25-21(23)22(26-20)28-13-16-4-6-24-15(2)9-16/h4,6,8-11H,5,7,12-13H2,1-3H3,(H2,23,25). The number of rotatable bonds is 4. The van der Waals surface area contributed by atoms with E-state index in [-0.39, 0.29) is 0 Å². The van der Waals surface area contributed by atoms with Crippen molar-refractivity contribution in [3.63, 3.8) is 0 Å². The Hall–Kier alpha value is -2.99. The number of pyridine rings is 1. The monoisotopic (exact) mass is 375 g/mol. The first-order valence-electron chi connectivity index (χ1n) is 9.48. The highest BCUT2D eigenvalue weighted by molar-refractivity contribution is 5.64. The van der Waals surface area contributed by atoms with E-state index in [0.29, 0.717) is 18.3 Å². The normalized spacial score (nSPS) is 14.0. The lowest BCUT2D eigenvalue weighted by molar-refractivity contribution is 0.295. The van der Waals surface area contributed by atoms with Crippen molar-refractivity contribution in [2.24, 2.45) is 0 Å². The smallest absolute Gasteiger partial charge is 0.258 e. The fraction of sp³-hybridized carbons (Fsp3) is 0.318. The van der Waals surface area contributed by atoms with Crippen molar-refractivity contribution in [3.8, 4) is 17.1 Å². The quantitative estimate of drug-likeness (QED) is 0.754. The van der Waals surface area contributed by atoms with Gasteiger partial charge in [-0.1, -0.05) is 0 Å². The lowest BCUT2D eigenvalue weighted by Crippen LogP contribution is -2.27. The zero-order chi connectivity index (χ0) is 19.7. The van der Waals surface area contributed by atoms with Gasteiger partial charge in [-0.15, -0.1) is 0 Å². The molecule has 1 aliphatic rings. The molecule has 0 radical (unpaired) electrons. The van der Waals surface area contributed by atoms with E-state index in [0.717, 1.165) is 42.0 Å². The maximum absolute atomic E-state index is 6.00. The second kappa shape index (κ2) is 7.56. The van der Waals surface area contributed by atoms with Crippen LogP contribution in [0.25, 0.3) is 11.3 Å². The van der Waals surface area contributed by atoms with Crippen molar-refractivity contribution in [1.82, 2.24) is 19.9 Å². The van der Waals surface area contributed by atoms with E-state index >= 15 is 0 Å². The second-order valence-electron chi connectivity index (χ2n) is 7.46. The van der Waals surface area contributed by atoms with Crippen molar-refractivity contribution in [3.05, 3.63) is 64.6 Å². The van der Waals surface area contributed by atoms with Crippen LogP contribution in [0.3, 0.4) is 0 Å². The second-order valence-corrected chi connectivity index (χ2v) is 7.46. The third kappa shape index (κ3) is 3.82. The molecule has 6 heteroatoms. The molecule has 2 N–H and O–H groups in total. The summed E-state index contributed by atoms with van der Waals surface area (Å²) < 4.78 is 5.87. The largest absolute Gasteiger partial charge is 0.470 e. The number of aryl methyl sites for hydroxylation is 2. The number of likely N-dealkylation sites (N-methyl/N-ethyl adjacent to an activating group) is 1. The van der Waals surface area contributed by atoms with Crippen LogP contribution in [-0.2, 0) is 19.6 Å². The highest BCUT2D eigenvalue weighted by Gasteiger charge is 2.17. The number of fused-ring (bicyclic) bond motifs is 1. The van der Waals surface area contributed by atoms with E-state index in [2.05, 4.69) is 46.0 Å². The predicted molar refractivity (Wildman–Crippen MR) is 110 cm³/mol. The molecule has 0 unspecified atom stereocenters. The number of benzene rings is 1. The van der Waals surface area contributed by atoms with E-state index in [1.54, 1.807) is 12.4 Å². The zero-order valence-corrected chi connectivity index (χ0v) is 16.6. The number of nitrogens with two attached hydrogens (primary N) is 1. The number of aromatic nitrogens is 3. The molecule has 4 rings (SSSR count). The van der Waals surface area contributed by atoms with Crippen molar-refractivity contribution < 1.29 is 4.74 Å². The van der Waals surface area contributed by atoms with E-state index in [1.807, 2.05) is 19.1 Å². The van der Waals surface area contributed by atoms with E-state index < -0.39 is 0 Å². The molecule has 0 amide bonds. The van der Waals surface area contributed by atoms with Gasteiger partial charge in [0.2, 0.25) is 0 Å². The fourth-order valence-corrected chi connectivity index (χ4v) is 3.68. The van der Waals surface area contributed by atoms with Gasteiger partial charge in [-0.3, -0.25) is 4.98 Å². The van der Waals surface area contributed by atoms with Crippen molar-refractivity contribution in [2.45, 2.75) is 33.4 Å². The Bertz CT molecular complexity index is 1020. The van der Waals surface area contributed by atoms with E-state index in [4.69, 9.17) is 10.5 Å². The summed E-state index contributed by atoms with van der Waals surface area (Å²) in [5.74, 6) is 0.656. The van der Waals surface area contributed by atoms with Crippen molar-refractivity contribution in [2.75, 3.05) is 19.3 Å². The van der Waals surface area contributed by atoms with Crippen LogP contribution in [0, 0.1) is 13.8 Å². The van der Waals surface area contributed by atoms with Gasteiger partial charge in [0.15, 0.2) is 5.82 Å². The van der Waals surface area contributed by atoms with Crippen LogP contribution in [0.2, 0.25) is 0 Å². The van der Waals surface area contributed by atoms with Gasteiger partial charge in [-0.25, -0.2) is 9.97 Å². The Labute approximate surface area is 165 Å². The Morgan fingerprint density at radius 3 is 2.86 bits per heavy atom. The summed E-state index contributed by atoms with van der Waals surface area (Å²) >= 11 is 0. The van der Waals surface area contributed by atoms with Gasteiger partial charge in [0, 0.05) is 30.5 Å². The van der Waals surface area contributed by atoms with Crippen LogP contribution in [0.1, 0.15) is 27.9 Å². The molecule has 1 aliphatic heterocycles. The molecule has 3 aromatic rings. The Kier molecular flexibility index (Phi) is 4.96. The SMILES string of the molecule is Cc1cc(COc2nc(-c3cc(C)c4c(c3)CN(C)CC4)cnc2N)ccn1. The van der Waals surface area contributed by atoms with E-state index in [1.165, 1.54) is 16.7 Å². The average Bonchev–Trinajstić information content (AvgIpc) is 2.67. The van der Waals surface area contributed by atoms with Crippen LogP contribution in [0.4, 0.5) is 5.82 Å². The minimum atomic E-state index is 0.295. The predicted octanol–water partition coefficient (Wildman–Crippen LogP) is 3.30. The van der Waals surface area contributed by atoms with Gasteiger partial charge in [0.1, 0.15) is 6.61 Å². The van der Waals surface area contributed by atoms with E-state index in [9.17, 15) is 0 Å². The zero-order valence-electron chi connectivity index (χ0n) is 16.6. The molecule has 0 atom stereocenters. The van der Waals surface area contributed by atoms with Gasteiger partial charge in [-0.05, 0) is 73.8 Å². The minimum absolute atomic E-state index is 0.295. The molecular formula is C22H25N5O. The molecule has 6 nitrogen and oxygen atoms in total. The summed E-state index contributed by atoms with van der Waals surface area (Å²) in [6.45, 7) is 6.55. The third-order valence-electron chi connectivity index (χ3n) is 5.15. The number of anilines is 1. The van der Waals surface area contributed by atoms with Gasteiger partial charge < -0.3 is 15.4 Å². The van der Waals surface area contributed by atoms with Gasteiger partial charge in [-0.2, -0.15) is 0 Å². The first kappa shape index (κ1) is 18.4. The first-order chi connectivity index (χ1) is 13.5. The molecule has 1 aromatic carbocycles. The minimum Gasteiger partial charge on any atom is -0.470 e. The molecule has 3 heterocycles. The summed E-state index contributed by atoms with van der Waals surface area (Å²) in [6.07, 6.45) is 4.57. The topological polar surface area (TPSA) is 77.2 Å². The Morgan fingerprint density at radius 1 is 1.18 bits per heavy atom. The molecular weight excluding hydrogens is 350 g/mol. The molecule has 0 bridgehead atoms. The highest BCUT2D eigenvalue weighted by Crippen LogP contribution is 2.29. The highest BCUT2D eigenvalue weighted by atomic mass is 16.5. The molecule has 0 spiro atoms. The molecule has 144 valence electrons. The lowest BCUT2D eigenvalue weighted by atomic mass is 9.92. The van der Waals surface area contributed by atoms with Crippen LogP contribution in [-0.4, -0.2) is 33.4 Å². The molecule has 0 saturated carbocycles. The van der Waals surface area contributed by atoms with Crippen LogP contribution in [0.15, 0.2) is 36.7 Å². The average molecular weight is 375 g/mol. The number of nitrogens with zero attached hydrogens (tertiary/aromatic N) is 4. The summed E-state index contributed by atoms with van der Waals surface area (Å²) in [5, 5.41) is 0.